The van der Waals surface area contributed by atoms with E-state index in [2.05, 4.69) is 6.58 Å². The minimum Gasteiger partial charge on any atom is -0.451 e. The lowest BCUT2D eigenvalue weighted by Crippen LogP contribution is -2.41. The Morgan fingerprint density at radius 2 is 2.00 bits per heavy atom. The summed E-state index contributed by atoms with van der Waals surface area (Å²) < 4.78 is 79.0. The molecule has 2 unspecified atom stereocenters. The van der Waals surface area contributed by atoms with Crippen LogP contribution >= 0.6 is 0 Å². The smallest absolute Gasteiger partial charge is 0.400 e. The molecule has 2 atom stereocenters. The zero-order chi connectivity index (χ0) is 15.8. The summed E-state index contributed by atoms with van der Waals surface area (Å²) in [5, 5.41) is -4.93. The molecule has 1 aromatic carbocycles. The molecule has 5 nitrogen and oxygen atoms in total. The minimum atomic E-state index is -5.85. The van der Waals surface area contributed by atoms with Crippen LogP contribution in [-0.2, 0) is 10.1 Å². The van der Waals surface area contributed by atoms with Gasteiger partial charge in [-0.1, -0.05) is 18.7 Å². The number of rotatable bonds is 5. The number of benzene rings is 1. The van der Waals surface area contributed by atoms with Gasteiger partial charge in [-0.2, -0.15) is 17.2 Å². The molecule has 0 spiro atoms. The fraction of sp³-hybridized carbons (Fsp3) is 0.333. The van der Waals surface area contributed by atoms with Gasteiger partial charge < -0.3 is 9.47 Å². The highest BCUT2D eigenvalue weighted by Gasteiger charge is 2.54. The average Bonchev–Trinajstić information content (AvgIpc) is 2.78. The van der Waals surface area contributed by atoms with Crippen molar-refractivity contribution in [2.45, 2.75) is 24.1 Å². The number of ether oxygens (including phenoxy) is 2. The number of hydrogen-bond donors (Lipinski definition) is 1. The van der Waals surface area contributed by atoms with Crippen LogP contribution in [0, 0.1) is 0 Å². The first kappa shape index (κ1) is 15.6. The summed E-state index contributed by atoms with van der Waals surface area (Å²) in [6.07, 6.45) is -4.14. The Hall–Kier alpha value is -1.74. The Morgan fingerprint density at radius 3 is 2.57 bits per heavy atom. The van der Waals surface area contributed by atoms with Gasteiger partial charge in [0, 0.05) is 0 Å². The van der Waals surface area contributed by atoms with E-state index in [9.17, 15) is 21.6 Å². The molecule has 21 heavy (non-hydrogen) atoms. The van der Waals surface area contributed by atoms with E-state index in [-0.39, 0.29) is 11.5 Å². The summed E-state index contributed by atoms with van der Waals surface area (Å²) in [6.45, 7) is 3.53. The van der Waals surface area contributed by atoms with Crippen molar-refractivity contribution in [3.8, 4) is 11.5 Å². The first-order chi connectivity index (χ1) is 9.65. The van der Waals surface area contributed by atoms with Gasteiger partial charge in [0.1, 0.15) is 0 Å². The second-order valence-electron chi connectivity index (χ2n) is 4.32. The third kappa shape index (κ3) is 2.98. The van der Waals surface area contributed by atoms with E-state index in [0.29, 0.717) is 5.56 Å². The molecule has 1 aromatic rings. The van der Waals surface area contributed by atoms with Gasteiger partial charge in [0.25, 0.3) is 0 Å². The maximum atomic E-state index is 13.4. The molecular weight excluding hydrogens is 313 g/mol. The molecule has 0 aliphatic carbocycles. The zero-order valence-corrected chi connectivity index (χ0v) is 11.3. The number of halogens is 3. The summed E-state index contributed by atoms with van der Waals surface area (Å²) >= 11 is 0. The summed E-state index contributed by atoms with van der Waals surface area (Å²) in [4.78, 5) is 0. The van der Waals surface area contributed by atoms with Gasteiger partial charge in [-0.25, -0.2) is 4.39 Å². The van der Waals surface area contributed by atoms with E-state index in [4.69, 9.17) is 14.0 Å². The highest BCUT2D eigenvalue weighted by molar-refractivity contribution is 7.86. The maximum Gasteiger partial charge on any atom is 0.400 e. The van der Waals surface area contributed by atoms with E-state index in [0.717, 1.165) is 0 Å². The molecule has 0 saturated carbocycles. The second-order valence-corrected chi connectivity index (χ2v) is 5.81. The number of hydrogen-bond acceptors (Lipinski definition) is 4. The minimum absolute atomic E-state index is 0.208. The van der Waals surface area contributed by atoms with Gasteiger partial charge in [-0.3, -0.25) is 4.55 Å². The molecule has 9 heteroatoms. The summed E-state index contributed by atoms with van der Waals surface area (Å²) in [5.41, 5.74) is 0.679. The molecule has 0 saturated heterocycles. The lowest BCUT2D eigenvalue weighted by molar-refractivity contribution is -0.0509. The van der Waals surface area contributed by atoms with Crippen molar-refractivity contribution in [3.63, 3.8) is 0 Å². The lowest BCUT2D eigenvalue weighted by atomic mass is 10.2. The van der Waals surface area contributed by atoms with Crippen molar-refractivity contribution >= 4 is 16.2 Å². The molecule has 0 fully saturated rings. The fourth-order valence-corrected chi connectivity index (χ4v) is 2.13. The van der Waals surface area contributed by atoms with Crippen LogP contribution in [0.4, 0.5) is 13.2 Å². The van der Waals surface area contributed by atoms with Crippen molar-refractivity contribution in [1.82, 2.24) is 0 Å². The molecule has 0 aromatic heterocycles. The zero-order valence-electron chi connectivity index (χ0n) is 10.5. The molecule has 1 N–H and O–H groups in total. The quantitative estimate of drug-likeness (QED) is 0.843. The van der Waals surface area contributed by atoms with Crippen molar-refractivity contribution in [1.29, 1.82) is 0 Å². The maximum absolute atomic E-state index is 13.4. The van der Waals surface area contributed by atoms with Crippen molar-refractivity contribution in [3.05, 3.63) is 30.3 Å². The van der Waals surface area contributed by atoms with Crippen LogP contribution in [0.5, 0.6) is 11.5 Å². The van der Waals surface area contributed by atoms with Gasteiger partial charge >= 0.3 is 15.4 Å². The van der Waals surface area contributed by atoms with Crippen molar-refractivity contribution in [2.75, 3.05) is 0 Å². The lowest BCUT2D eigenvalue weighted by Gasteiger charge is -2.19. The highest BCUT2D eigenvalue weighted by atomic mass is 32.2. The van der Waals surface area contributed by atoms with Crippen LogP contribution in [0.25, 0.3) is 6.08 Å². The molecule has 0 bridgehead atoms. The van der Waals surface area contributed by atoms with Crippen LogP contribution in [0.2, 0.25) is 0 Å². The van der Waals surface area contributed by atoms with E-state index in [1.165, 1.54) is 18.2 Å². The standard InChI is InChI=1S/C12H11F3O5S/c1-2-7-3-4-8-9(5-7)20-11(19-8)6-10(13)12(14,15)21(16,17)18/h2-5,10-11H,1,6H2,(H,16,17,18). The molecule has 2 rings (SSSR count). The Kier molecular flexibility index (Phi) is 3.89. The van der Waals surface area contributed by atoms with Crippen LogP contribution in [0.15, 0.2) is 24.8 Å². The first-order valence-electron chi connectivity index (χ1n) is 5.74. The van der Waals surface area contributed by atoms with Crippen LogP contribution in [0.3, 0.4) is 0 Å². The van der Waals surface area contributed by atoms with E-state index < -0.39 is 34.3 Å². The van der Waals surface area contributed by atoms with Gasteiger partial charge in [-0.15, -0.1) is 0 Å². The van der Waals surface area contributed by atoms with Crippen LogP contribution < -0.4 is 9.47 Å². The van der Waals surface area contributed by atoms with Gasteiger partial charge in [0.05, 0.1) is 6.42 Å². The van der Waals surface area contributed by atoms with Crippen LogP contribution in [0.1, 0.15) is 12.0 Å². The van der Waals surface area contributed by atoms with E-state index in [1.807, 2.05) is 0 Å². The van der Waals surface area contributed by atoms with Crippen molar-refractivity contribution in [2.24, 2.45) is 0 Å². The van der Waals surface area contributed by atoms with Crippen LogP contribution in [-0.4, -0.2) is 30.7 Å². The molecule has 1 aliphatic heterocycles. The third-order valence-electron chi connectivity index (χ3n) is 2.83. The summed E-state index contributed by atoms with van der Waals surface area (Å²) in [7, 11) is -5.85. The molecule has 1 heterocycles. The Balaban J connectivity index is 2.09. The predicted octanol–water partition coefficient (Wildman–Crippen LogP) is 2.64. The molecular formula is C12H11F3O5S. The fourth-order valence-electron chi connectivity index (χ4n) is 1.71. The molecule has 0 amide bonds. The van der Waals surface area contributed by atoms with E-state index in [1.54, 1.807) is 6.07 Å². The average molecular weight is 324 g/mol. The second kappa shape index (κ2) is 5.23. The topological polar surface area (TPSA) is 72.8 Å². The Labute approximate surface area is 118 Å². The summed E-state index contributed by atoms with van der Waals surface area (Å²) in [6, 6.07) is 4.62. The SMILES string of the molecule is C=Cc1ccc2c(c1)OC(CC(F)C(F)(F)S(=O)(=O)O)O2. The van der Waals surface area contributed by atoms with Crippen molar-refractivity contribution < 1.29 is 35.6 Å². The largest absolute Gasteiger partial charge is 0.451 e. The normalized spacial score (nSPS) is 19.3. The Morgan fingerprint density at radius 1 is 1.38 bits per heavy atom. The first-order valence-corrected chi connectivity index (χ1v) is 7.18. The monoisotopic (exact) mass is 324 g/mol. The molecule has 0 radical (unpaired) electrons. The summed E-state index contributed by atoms with van der Waals surface area (Å²) in [5.74, 6) is 0.424. The third-order valence-corrected chi connectivity index (χ3v) is 3.77. The van der Waals surface area contributed by atoms with Gasteiger partial charge in [0.15, 0.2) is 17.7 Å². The number of alkyl halides is 3. The molecule has 116 valence electrons. The Bertz CT molecular complexity index is 659. The van der Waals surface area contributed by atoms with Gasteiger partial charge in [-0.05, 0) is 17.7 Å². The number of fused-ring (bicyclic) bond motifs is 1. The van der Waals surface area contributed by atoms with Gasteiger partial charge in [0.2, 0.25) is 6.29 Å². The van der Waals surface area contributed by atoms with E-state index >= 15 is 0 Å². The highest BCUT2D eigenvalue weighted by Crippen LogP contribution is 2.39. The molecule has 1 aliphatic rings. The predicted molar refractivity (Wildman–Crippen MR) is 67.6 cm³/mol.